The van der Waals surface area contributed by atoms with E-state index in [0.717, 1.165) is 32.1 Å². The fourth-order valence-corrected chi connectivity index (χ4v) is 2.78. The second-order valence-corrected chi connectivity index (χ2v) is 5.66. The molecule has 0 aromatic rings. The zero-order valence-corrected chi connectivity index (χ0v) is 13.6. The van der Waals surface area contributed by atoms with Gasteiger partial charge in [-0.25, -0.2) is 0 Å². The molecule has 0 aliphatic carbocycles. The lowest BCUT2D eigenvalue weighted by Gasteiger charge is -2.38. The van der Waals surface area contributed by atoms with Gasteiger partial charge in [0.25, 0.3) is 0 Å². The topological polar surface area (TPSA) is 48.9 Å². The van der Waals surface area contributed by atoms with E-state index < -0.39 is 0 Å². The van der Waals surface area contributed by atoms with E-state index in [-0.39, 0.29) is 0 Å². The van der Waals surface area contributed by atoms with Gasteiger partial charge in [-0.05, 0) is 39.7 Å². The van der Waals surface area contributed by atoms with E-state index in [4.69, 9.17) is 4.74 Å². The van der Waals surface area contributed by atoms with E-state index in [1.54, 1.807) is 7.11 Å². The summed E-state index contributed by atoms with van der Waals surface area (Å²) in [5.74, 6) is 0.887. The van der Waals surface area contributed by atoms with Gasteiger partial charge < -0.3 is 15.4 Å². The Kier molecular flexibility index (Phi) is 8.62. The summed E-state index contributed by atoms with van der Waals surface area (Å²) in [7, 11) is 3.55. The van der Waals surface area contributed by atoms with E-state index in [2.05, 4.69) is 34.4 Å². The van der Waals surface area contributed by atoms with E-state index in [0.29, 0.717) is 12.1 Å². The average molecular weight is 284 g/mol. The van der Waals surface area contributed by atoms with Crippen molar-refractivity contribution >= 4 is 5.96 Å². The molecule has 5 nitrogen and oxygen atoms in total. The first kappa shape index (κ1) is 17.2. The van der Waals surface area contributed by atoms with Crippen molar-refractivity contribution in [3.63, 3.8) is 0 Å². The Morgan fingerprint density at radius 1 is 1.40 bits per heavy atom. The molecule has 0 amide bonds. The number of piperidine rings is 1. The summed E-state index contributed by atoms with van der Waals surface area (Å²) in [4.78, 5) is 6.86. The van der Waals surface area contributed by atoms with Gasteiger partial charge in [-0.15, -0.1) is 0 Å². The SMILES string of the molecule is CN=C(NCCCOC)NCC(C)N1CCCCC1C. The van der Waals surface area contributed by atoms with Gasteiger partial charge in [-0.2, -0.15) is 0 Å². The molecule has 2 atom stereocenters. The lowest BCUT2D eigenvalue weighted by molar-refractivity contribution is 0.115. The molecule has 1 saturated heterocycles. The number of aliphatic imine (C=N–C) groups is 1. The number of rotatable bonds is 7. The maximum atomic E-state index is 5.04. The zero-order chi connectivity index (χ0) is 14.8. The molecule has 20 heavy (non-hydrogen) atoms. The molecule has 0 bridgehead atoms. The lowest BCUT2D eigenvalue weighted by atomic mass is 10.0. The Balaban J connectivity index is 2.25. The molecule has 2 unspecified atom stereocenters. The van der Waals surface area contributed by atoms with Crippen LogP contribution >= 0.6 is 0 Å². The molecule has 1 aliphatic rings. The van der Waals surface area contributed by atoms with Crippen LogP contribution in [0.3, 0.4) is 0 Å². The predicted molar refractivity (Wildman–Crippen MR) is 85.3 cm³/mol. The van der Waals surface area contributed by atoms with E-state index >= 15 is 0 Å². The van der Waals surface area contributed by atoms with E-state index in [9.17, 15) is 0 Å². The highest BCUT2D eigenvalue weighted by molar-refractivity contribution is 5.79. The standard InChI is InChI=1S/C15H32N4O/c1-13-8-5-6-10-19(13)14(2)12-18-15(16-3)17-9-7-11-20-4/h13-14H,5-12H2,1-4H3,(H2,16,17,18). The van der Waals surface area contributed by atoms with E-state index in [1.165, 1.54) is 25.8 Å². The van der Waals surface area contributed by atoms with E-state index in [1.807, 2.05) is 7.05 Å². The molecule has 2 N–H and O–H groups in total. The molecule has 0 saturated carbocycles. The van der Waals surface area contributed by atoms with Crippen LogP contribution in [0.4, 0.5) is 0 Å². The summed E-state index contributed by atoms with van der Waals surface area (Å²) < 4.78 is 5.04. The normalized spacial score (nSPS) is 22.6. The minimum atomic E-state index is 0.544. The molecule has 0 aromatic carbocycles. The average Bonchev–Trinajstić information content (AvgIpc) is 2.46. The number of nitrogens with one attached hydrogen (secondary N) is 2. The maximum absolute atomic E-state index is 5.04. The number of guanidine groups is 1. The van der Waals surface area contributed by atoms with Crippen LogP contribution in [-0.2, 0) is 4.74 Å². The van der Waals surface area contributed by atoms with Crippen LogP contribution in [0, 0.1) is 0 Å². The first-order chi connectivity index (χ1) is 9.69. The van der Waals surface area contributed by atoms with Gasteiger partial charge >= 0.3 is 0 Å². The molecule has 118 valence electrons. The van der Waals surface area contributed by atoms with Gasteiger partial charge in [0.1, 0.15) is 0 Å². The van der Waals surface area contributed by atoms with Crippen molar-refractivity contribution < 1.29 is 4.74 Å². The van der Waals surface area contributed by atoms with Crippen molar-refractivity contribution in [2.45, 2.75) is 51.6 Å². The number of hydrogen-bond donors (Lipinski definition) is 2. The Hall–Kier alpha value is -0.810. The van der Waals surface area contributed by atoms with Crippen LogP contribution in [0.5, 0.6) is 0 Å². The third-order valence-corrected chi connectivity index (χ3v) is 4.03. The molecule has 1 heterocycles. The minimum Gasteiger partial charge on any atom is -0.385 e. The molecule has 5 heteroatoms. The second-order valence-electron chi connectivity index (χ2n) is 5.66. The van der Waals surface area contributed by atoms with Crippen molar-refractivity contribution in [3.8, 4) is 0 Å². The van der Waals surface area contributed by atoms with Crippen LogP contribution in [0.15, 0.2) is 4.99 Å². The van der Waals surface area contributed by atoms with Crippen molar-refractivity contribution in [1.29, 1.82) is 0 Å². The Morgan fingerprint density at radius 2 is 2.20 bits per heavy atom. The summed E-state index contributed by atoms with van der Waals surface area (Å²) >= 11 is 0. The molecular weight excluding hydrogens is 252 g/mol. The van der Waals surface area contributed by atoms with Crippen molar-refractivity contribution in [1.82, 2.24) is 15.5 Å². The summed E-state index contributed by atoms with van der Waals surface area (Å²) in [6.07, 6.45) is 5.03. The first-order valence-corrected chi connectivity index (χ1v) is 7.88. The summed E-state index contributed by atoms with van der Waals surface area (Å²) in [6.45, 7) is 8.48. The zero-order valence-electron chi connectivity index (χ0n) is 13.6. The monoisotopic (exact) mass is 284 g/mol. The predicted octanol–water partition coefficient (Wildman–Crippen LogP) is 1.45. The van der Waals surface area contributed by atoms with Crippen LogP contribution in [0.1, 0.15) is 39.5 Å². The highest BCUT2D eigenvalue weighted by Gasteiger charge is 2.22. The van der Waals surface area contributed by atoms with Crippen LogP contribution in [0.25, 0.3) is 0 Å². The van der Waals surface area contributed by atoms with Gasteiger partial charge in [0.05, 0.1) is 0 Å². The van der Waals surface area contributed by atoms with Crippen molar-refractivity contribution in [3.05, 3.63) is 0 Å². The molecule has 1 rings (SSSR count). The fraction of sp³-hybridized carbons (Fsp3) is 0.933. The minimum absolute atomic E-state index is 0.544. The Labute approximate surface area is 124 Å². The van der Waals surface area contributed by atoms with Crippen LogP contribution in [-0.4, -0.2) is 63.3 Å². The number of methoxy groups -OCH3 is 1. The van der Waals surface area contributed by atoms with Gasteiger partial charge in [0.15, 0.2) is 5.96 Å². The van der Waals surface area contributed by atoms with Gasteiger partial charge in [-0.3, -0.25) is 9.89 Å². The third-order valence-electron chi connectivity index (χ3n) is 4.03. The van der Waals surface area contributed by atoms with Crippen molar-refractivity contribution in [2.24, 2.45) is 4.99 Å². The summed E-state index contributed by atoms with van der Waals surface area (Å²) in [6, 6.07) is 1.25. The quantitative estimate of drug-likeness (QED) is 0.422. The second kappa shape index (κ2) is 10.00. The highest BCUT2D eigenvalue weighted by Crippen LogP contribution is 2.18. The molecule has 0 aromatic heterocycles. The fourth-order valence-electron chi connectivity index (χ4n) is 2.78. The molecule has 0 spiro atoms. The van der Waals surface area contributed by atoms with Crippen LogP contribution in [0.2, 0.25) is 0 Å². The number of hydrogen-bond acceptors (Lipinski definition) is 3. The summed E-state index contributed by atoms with van der Waals surface area (Å²) in [5, 5.41) is 6.73. The lowest BCUT2D eigenvalue weighted by Crippen LogP contribution is -2.50. The Bertz CT molecular complexity index is 283. The van der Waals surface area contributed by atoms with Gasteiger partial charge in [-0.1, -0.05) is 6.42 Å². The smallest absolute Gasteiger partial charge is 0.191 e. The van der Waals surface area contributed by atoms with Crippen LogP contribution < -0.4 is 10.6 Å². The third kappa shape index (κ3) is 6.09. The molecule has 1 aliphatic heterocycles. The highest BCUT2D eigenvalue weighted by atomic mass is 16.5. The number of nitrogens with zero attached hydrogens (tertiary/aromatic N) is 2. The summed E-state index contributed by atoms with van der Waals surface area (Å²) in [5.41, 5.74) is 0. The number of likely N-dealkylation sites (tertiary alicyclic amines) is 1. The number of ether oxygens (including phenoxy) is 1. The maximum Gasteiger partial charge on any atom is 0.191 e. The molecule has 1 fully saturated rings. The molecule has 0 radical (unpaired) electrons. The van der Waals surface area contributed by atoms with Gasteiger partial charge in [0.2, 0.25) is 0 Å². The Morgan fingerprint density at radius 3 is 2.85 bits per heavy atom. The largest absolute Gasteiger partial charge is 0.385 e. The first-order valence-electron chi connectivity index (χ1n) is 7.88. The van der Waals surface area contributed by atoms with Gasteiger partial charge in [0, 0.05) is 45.9 Å². The molecular formula is C15H32N4O. The van der Waals surface area contributed by atoms with Crippen molar-refractivity contribution in [2.75, 3.05) is 40.4 Å².